The molecule has 4 nitrogen and oxygen atoms in total. The van der Waals surface area contributed by atoms with E-state index in [9.17, 15) is 14.0 Å². The van der Waals surface area contributed by atoms with Gasteiger partial charge in [0.25, 0.3) is 11.1 Å². The van der Waals surface area contributed by atoms with E-state index in [0.29, 0.717) is 28.5 Å². The molecular weight excluding hydrogens is 472 g/mol. The number of hydrogen-bond donors (Lipinski definition) is 0. The minimum absolute atomic E-state index is 0.0336. The SMILES string of the molecule is O=C1S/C(=C\c2ccc(OCc3ccccc3)c(Cl)c2)C(=O)N1Cc1ccc(F)cc1Cl. The van der Waals surface area contributed by atoms with E-state index in [0.717, 1.165) is 28.3 Å². The summed E-state index contributed by atoms with van der Waals surface area (Å²) in [6, 6.07) is 18.7. The maximum atomic E-state index is 13.2. The lowest BCUT2D eigenvalue weighted by atomic mass is 10.2. The first-order chi connectivity index (χ1) is 15.4. The summed E-state index contributed by atoms with van der Waals surface area (Å²) in [4.78, 5) is 26.5. The van der Waals surface area contributed by atoms with Crippen molar-refractivity contribution >= 4 is 52.2 Å². The third kappa shape index (κ3) is 5.15. The van der Waals surface area contributed by atoms with Crippen LogP contribution in [0.4, 0.5) is 9.18 Å². The average Bonchev–Trinajstić information content (AvgIpc) is 3.03. The molecule has 0 spiro atoms. The fraction of sp³-hybridized carbons (Fsp3) is 0.0833. The summed E-state index contributed by atoms with van der Waals surface area (Å²) < 4.78 is 19.0. The first kappa shape index (κ1) is 22.4. The standard InChI is InChI=1S/C24H16Cl2FNO3S/c25-19-12-18(27)8-7-17(19)13-28-23(29)22(32-24(28)30)11-16-6-9-21(20(26)10-16)31-14-15-4-2-1-3-5-15/h1-12H,13-14H2/b22-11-. The van der Waals surface area contributed by atoms with E-state index in [-0.39, 0.29) is 16.5 Å². The van der Waals surface area contributed by atoms with Crippen LogP contribution in [0.1, 0.15) is 16.7 Å². The largest absolute Gasteiger partial charge is 0.487 e. The van der Waals surface area contributed by atoms with Gasteiger partial charge in [-0.15, -0.1) is 0 Å². The van der Waals surface area contributed by atoms with Crippen LogP contribution in [-0.4, -0.2) is 16.0 Å². The lowest BCUT2D eigenvalue weighted by molar-refractivity contribution is -0.123. The summed E-state index contributed by atoms with van der Waals surface area (Å²) in [6.45, 7) is 0.346. The Bertz CT molecular complexity index is 1220. The summed E-state index contributed by atoms with van der Waals surface area (Å²) in [5.41, 5.74) is 2.16. The lowest BCUT2D eigenvalue weighted by Crippen LogP contribution is -2.27. The third-order valence-corrected chi connectivity index (χ3v) is 6.26. The van der Waals surface area contributed by atoms with Gasteiger partial charge in [0, 0.05) is 5.02 Å². The van der Waals surface area contributed by atoms with Crippen molar-refractivity contribution < 1.29 is 18.7 Å². The van der Waals surface area contributed by atoms with Crippen molar-refractivity contribution in [2.75, 3.05) is 0 Å². The minimum Gasteiger partial charge on any atom is -0.487 e. The molecule has 0 aromatic heterocycles. The van der Waals surface area contributed by atoms with Crippen molar-refractivity contribution in [3.05, 3.63) is 104 Å². The zero-order valence-electron chi connectivity index (χ0n) is 16.6. The van der Waals surface area contributed by atoms with E-state index in [2.05, 4.69) is 0 Å². The molecule has 1 aliphatic heterocycles. The van der Waals surface area contributed by atoms with Crippen molar-refractivity contribution in [1.29, 1.82) is 0 Å². The molecule has 3 aromatic rings. The first-order valence-electron chi connectivity index (χ1n) is 9.56. The molecule has 0 bridgehead atoms. The van der Waals surface area contributed by atoms with Crippen molar-refractivity contribution in [2.24, 2.45) is 0 Å². The molecule has 162 valence electrons. The van der Waals surface area contributed by atoms with Gasteiger partial charge in [-0.3, -0.25) is 14.5 Å². The van der Waals surface area contributed by atoms with E-state index in [1.54, 1.807) is 24.3 Å². The zero-order chi connectivity index (χ0) is 22.7. The molecule has 3 aromatic carbocycles. The number of rotatable bonds is 6. The van der Waals surface area contributed by atoms with E-state index in [1.165, 1.54) is 12.1 Å². The summed E-state index contributed by atoms with van der Waals surface area (Å²) in [7, 11) is 0. The Kier molecular flexibility index (Phi) is 6.84. The fourth-order valence-corrected chi connectivity index (χ4v) is 4.38. The quantitative estimate of drug-likeness (QED) is 0.353. The second kappa shape index (κ2) is 9.77. The number of benzene rings is 3. The molecule has 32 heavy (non-hydrogen) atoms. The van der Waals surface area contributed by atoms with Gasteiger partial charge in [-0.2, -0.15) is 0 Å². The molecule has 8 heteroatoms. The molecule has 0 atom stereocenters. The maximum Gasteiger partial charge on any atom is 0.293 e. The highest BCUT2D eigenvalue weighted by atomic mass is 35.5. The van der Waals surface area contributed by atoms with E-state index in [1.807, 2.05) is 30.3 Å². The molecule has 1 heterocycles. The molecule has 0 unspecified atom stereocenters. The summed E-state index contributed by atoms with van der Waals surface area (Å²) >= 11 is 13.2. The molecule has 1 fully saturated rings. The summed E-state index contributed by atoms with van der Waals surface area (Å²) in [5, 5.41) is 0.133. The second-order valence-corrected chi connectivity index (χ2v) is 8.78. The first-order valence-corrected chi connectivity index (χ1v) is 11.1. The molecule has 0 N–H and O–H groups in total. The molecule has 2 amide bonds. The lowest BCUT2D eigenvalue weighted by Gasteiger charge is -2.13. The van der Waals surface area contributed by atoms with Crippen LogP contribution in [0.15, 0.2) is 71.6 Å². The highest BCUT2D eigenvalue weighted by Crippen LogP contribution is 2.35. The molecular formula is C24H16Cl2FNO3S. The van der Waals surface area contributed by atoms with E-state index < -0.39 is 17.0 Å². The second-order valence-electron chi connectivity index (χ2n) is 6.97. The highest BCUT2D eigenvalue weighted by molar-refractivity contribution is 8.18. The fourth-order valence-electron chi connectivity index (χ4n) is 3.07. The van der Waals surface area contributed by atoms with Gasteiger partial charge in [0.1, 0.15) is 18.2 Å². The minimum atomic E-state index is -0.485. The third-order valence-electron chi connectivity index (χ3n) is 4.71. The number of carbonyl (C=O) groups excluding carboxylic acids is 2. The van der Waals surface area contributed by atoms with Gasteiger partial charge in [-0.1, -0.05) is 65.7 Å². The number of nitrogens with zero attached hydrogens (tertiary/aromatic N) is 1. The Hall–Kier alpha value is -2.80. The molecule has 1 aliphatic rings. The van der Waals surface area contributed by atoms with Crippen molar-refractivity contribution in [3.8, 4) is 5.75 Å². The van der Waals surface area contributed by atoms with Gasteiger partial charge < -0.3 is 4.74 Å². The number of amides is 2. The van der Waals surface area contributed by atoms with Gasteiger partial charge in [0.2, 0.25) is 0 Å². The number of imide groups is 1. The Morgan fingerprint density at radius 3 is 2.47 bits per heavy atom. The van der Waals surface area contributed by atoms with Crippen LogP contribution >= 0.6 is 35.0 Å². The van der Waals surface area contributed by atoms with Gasteiger partial charge in [-0.05, 0) is 58.8 Å². The van der Waals surface area contributed by atoms with Gasteiger partial charge in [0.15, 0.2) is 0 Å². The maximum absolute atomic E-state index is 13.2. The Morgan fingerprint density at radius 2 is 1.75 bits per heavy atom. The number of ether oxygens (including phenoxy) is 1. The monoisotopic (exact) mass is 487 g/mol. The Labute approximate surface area is 198 Å². The van der Waals surface area contributed by atoms with Crippen molar-refractivity contribution in [3.63, 3.8) is 0 Å². The number of thioether (sulfide) groups is 1. The predicted octanol–water partition coefficient (Wildman–Crippen LogP) is 6.95. The van der Waals surface area contributed by atoms with E-state index in [4.69, 9.17) is 27.9 Å². The molecule has 1 saturated heterocycles. The van der Waals surface area contributed by atoms with Crippen LogP contribution in [0.25, 0.3) is 6.08 Å². The van der Waals surface area contributed by atoms with Gasteiger partial charge >= 0.3 is 0 Å². The Balaban J connectivity index is 1.47. The summed E-state index contributed by atoms with van der Waals surface area (Å²) in [6.07, 6.45) is 1.60. The number of halogens is 3. The normalized spacial score (nSPS) is 15.0. The van der Waals surface area contributed by atoms with Gasteiger partial charge in [-0.25, -0.2) is 4.39 Å². The van der Waals surface area contributed by atoms with Crippen molar-refractivity contribution in [2.45, 2.75) is 13.2 Å². The molecule has 0 aliphatic carbocycles. The molecule has 4 rings (SSSR count). The van der Waals surface area contributed by atoms with Gasteiger partial charge in [0.05, 0.1) is 16.5 Å². The zero-order valence-corrected chi connectivity index (χ0v) is 18.9. The Morgan fingerprint density at radius 1 is 0.969 bits per heavy atom. The van der Waals surface area contributed by atoms with Crippen LogP contribution in [0.3, 0.4) is 0 Å². The number of hydrogen-bond acceptors (Lipinski definition) is 4. The van der Waals surface area contributed by atoms with Crippen LogP contribution in [0.5, 0.6) is 5.75 Å². The number of carbonyl (C=O) groups is 2. The van der Waals surface area contributed by atoms with Crippen LogP contribution in [0.2, 0.25) is 10.0 Å². The molecule has 0 saturated carbocycles. The highest BCUT2D eigenvalue weighted by Gasteiger charge is 2.35. The van der Waals surface area contributed by atoms with E-state index >= 15 is 0 Å². The smallest absolute Gasteiger partial charge is 0.293 e. The van der Waals surface area contributed by atoms with Crippen LogP contribution < -0.4 is 4.74 Å². The summed E-state index contributed by atoms with van der Waals surface area (Å²) in [5.74, 6) is -0.409. The predicted molar refractivity (Wildman–Crippen MR) is 125 cm³/mol. The van der Waals surface area contributed by atoms with Crippen LogP contribution in [-0.2, 0) is 17.9 Å². The average molecular weight is 488 g/mol. The van der Waals surface area contributed by atoms with Crippen molar-refractivity contribution in [1.82, 2.24) is 4.90 Å². The topological polar surface area (TPSA) is 46.6 Å². The molecule has 0 radical (unpaired) electrons. The van der Waals surface area contributed by atoms with Crippen LogP contribution in [0, 0.1) is 5.82 Å².